The van der Waals surface area contributed by atoms with Crippen molar-refractivity contribution in [1.29, 1.82) is 0 Å². The van der Waals surface area contributed by atoms with Crippen LogP contribution in [0.5, 0.6) is 0 Å². The van der Waals surface area contributed by atoms with E-state index < -0.39 is 17.8 Å². The van der Waals surface area contributed by atoms with Crippen LogP contribution >= 0.6 is 0 Å². The number of benzene rings is 1. The third kappa shape index (κ3) is 5.20. The van der Waals surface area contributed by atoms with Crippen molar-refractivity contribution in [2.24, 2.45) is 0 Å². The largest absolute Gasteiger partial charge is 0.550 e. The number of amides is 1. The Hall–Kier alpha value is -2.37. The molecule has 0 unspecified atom stereocenters. The second-order valence-electron chi connectivity index (χ2n) is 3.72. The minimum atomic E-state index is -1.28. The number of carbonyl (C=O) groups excluding carboxylic acids is 3. The summed E-state index contributed by atoms with van der Waals surface area (Å²) in [7, 11) is 0. The molecule has 0 bridgehead atoms. The molecule has 1 amide bonds. The smallest absolute Gasteiger partial charge is 0.338 e. The molecule has 1 aromatic rings. The average molecular weight is 264 g/mol. The molecule has 6 heteroatoms. The molecule has 102 valence electrons. The fourth-order valence-electron chi connectivity index (χ4n) is 1.38. The van der Waals surface area contributed by atoms with Crippen LogP contribution in [0, 0.1) is 0 Å². The predicted octanol–water partition coefficient (Wildman–Crippen LogP) is 0.332. The maximum atomic E-state index is 11.5. The first-order valence-electron chi connectivity index (χ1n) is 5.79. The highest BCUT2D eigenvalue weighted by Crippen LogP contribution is 2.12. The van der Waals surface area contributed by atoms with Gasteiger partial charge < -0.3 is 20.0 Å². The van der Waals surface area contributed by atoms with Gasteiger partial charge in [0.1, 0.15) is 0 Å². The van der Waals surface area contributed by atoms with Gasteiger partial charge >= 0.3 is 5.97 Å². The van der Waals surface area contributed by atoms with Gasteiger partial charge in [-0.3, -0.25) is 4.79 Å². The van der Waals surface area contributed by atoms with E-state index in [4.69, 9.17) is 4.74 Å². The van der Waals surface area contributed by atoms with Gasteiger partial charge in [-0.05, 0) is 31.5 Å². The first-order chi connectivity index (χ1) is 9.02. The molecule has 1 N–H and O–H groups in total. The van der Waals surface area contributed by atoms with E-state index in [0.29, 0.717) is 11.3 Å². The van der Waals surface area contributed by atoms with E-state index in [1.54, 1.807) is 25.1 Å². The van der Waals surface area contributed by atoms with E-state index >= 15 is 0 Å². The molecule has 0 atom stereocenters. The van der Waals surface area contributed by atoms with Gasteiger partial charge in [0.05, 0.1) is 12.2 Å². The van der Waals surface area contributed by atoms with Gasteiger partial charge in [-0.1, -0.05) is 6.07 Å². The van der Waals surface area contributed by atoms with E-state index in [1.807, 2.05) is 0 Å². The summed E-state index contributed by atoms with van der Waals surface area (Å²) in [5.74, 6) is -2.21. The van der Waals surface area contributed by atoms with Gasteiger partial charge in [-0.15, -0.1) is 0 Å². The summed E-state index contributed by atoms with van der Waals surface area (Å²) in [6, 6.07) is 6.23. The van der Waals surface area contributed by atoms with Gasteiger partial charge in [-0.25, -0.2) is 4.79 Å². The zero-order valence-electron chi connectivity index (χ0n) is 10.5. The molecule has 0 heterocycles. The highest BCUT2D eigenvalue weighted by Gasteiger charge is 2.08. The Morgan fingerprint density at radius 3 is 2.63 bits per heavy atom. The number of hydrogen-bond donors (Lipinski definition) is 1. The first kappa shape index (κ1) is 14.7. The van der Waals surface area contributed by atoms with Gasteiger partial charge in [0.15, 0.2) is 0 Å². The molecule has 0 aliphatic rings. The molecule has 0 aliphatic heterocycles. The van der Waals surface area contributed by atoms with Crippen LogP contribution in [0.3, 0.4) is 0 Å². The lowest BCUT2D eigenvalue weighted by atomic mass is 10.2. The van der Waals surface area contributed by atoms with Crippen LogP contribution in [0.4, 0.5) is 5.69 Å². The van der Waals surface area contributed by atoms with Crippen LogP contribution in [0.2, 0.25) is 0 Å². The minimum Gasteiger partial charge on any atom is -0.550 e. The van der Waals surface area contributed by atoms with Crippen molar-refractivity contribution >= 4 is 23.5 Å². The molecule has 0 aliphatic carbocycles. The molecule has 0 aromatic heterocycles. The number of hydrogen-bond acceptors (Lipinski definition) is 5. The van der Waals surface area contributed by atoms with Gasteiger partial charge in [0.25, 0.3) is 0 Å². The summed E-state index contributed by atoms with van der Waals surface area (Å²) in [6.45, 7) is 1.96. The lowest BCUT2D eigenvalue weighted by Crippen LogP contribution is -2.24. The van der Waals surface area contributed by atoms with Crippen LogP contribution in [0.25, 0.3) is 0 Å². The van der Waals surface area contributed by atoms with Crippen molar-refractivity contribution in [2.45, 2.75) is 19.8 Å². The number of nitrogens with one attached hydrogen (secondary N) is 1. The average Bonchev–Trinajstić information content (AvgIpc) is 2.37. The number of carbonyl (C=O) groups is 3. The second-order valence-corrected chi connectivity index (χ2v) is 3.72. The lowest BCUT2D eigenvalue weighted by molar-refractivity contribution is -0.305. The number of aliphatic carboxylic acids is 1. The number of rotatable bonds is 6. The number of anilines is 1. The minimum absolute atomic E-state index is 0.175. The summed E-state index contributed by atoms with van der Waals surface area (Å²) >= 11 is 0. The third-order valence-electron chi connectivity index (χ3n) is 2.21. The summed E-state index contributed by atoms with van der Waals surface area (Å²) in [5, 5.41) is 12.7. The lowest BCUT2D eigenvalue weighted by Gasteiger charge is -2.07. The van der Waals surface area contributed by atoms with E-state index in [2.05, 4.69) is 5.32 Å². The van der Waals surface area contributed by atoms with Crippen LogP contribution < -0.4 is 10.4 Å². The Balaban J connectivity index is 2.64. The monoisotopic (exact) mass is 264 g/mol. The van der Waals surface area contributed by atoms with Gasteiger partial charge in [-0.2, -0.15) is 0 Å². The summed E-state index contributed by atoms with van der Waals surface area (Å²) in [6.07, 6.45) is -0.518. The van der Waals surface area contributed by atoms with E-state index in [-0.39, 0.29) is 19.4 Å². The summed E-state index contributed by atoms with van der Waals surface area (Å²) in [4.78, 5) is 33.1. The predicted molar refractivity (Wildman–Crippen MR) is 65.3 cm³/mol. The standard InChI is InChI=1S/C13H15NO5/c1-2-19-13(18)9-4-3-5-10(8-9)14-11(15)6-7-12(16)17/h3-5,8H,2,6-7H2,1H3,(H,14,15)(H,16,17)/p-1. The van der Waals surface area contributed by atoms with E-state index in [9.17, 15) is 19.5 Å². The fraction of sp³-hybridized carbons (Fsp3) is 0.308. The highest BCUT2D eigenvalue weighted by atomic mass is 16.5. The van der Waals surface area contributed by atoms with Gasteiger partial charge in [0.2, 0.25) is 5.91 Å². The quantitative estimate of drug-likeness (QED) is 0.747. The number of carboxylic acids is 1. The molecule has 0 spiro atoms. The van der Waals surface area contributed by atoms with Crippen LogP contribution in [0.1, 0.15) is 30.1 Å². The fourth-order valence-corrected chi connectivity index (χ4v) is 1.38. The molecule has 0 radical (unpaired) electrons. The second kappa shape index (κ2) is 7.15. The van der Waals surface area contributed by atoms with Crippen molar-refractivity contribution in [3.63, 3.8) is 0 Å². The Bertz CT molecular complexity index is 484. The molecule has 0 saturated heterocycles. The number of esters is 1. The van der Waals surface area contributed by atoms with Crippen molar-refractivity contribution < 1.29 is 24.2 Å². The molecule has 0 saturated carbocycles. The Kier molecular flexibility index (Phi) is 5.53. The molecule has 1 rings (SSSR count). The Morgan fingerprint density at radius 2 is 2.00 bits per heavy atom. The molecule has 0 fully saturated rings. The molecule has 19 heavy (non-hydrogen) atoms. The van der Waals surface area contributed by atoms with Crippen LogP contribution in [-0.4, -0.2) is 24.5 Å². The summed E-state index contributed by atoms with van der Waals surface area (Å²) in [5.41, 5.74) is 0.730. The van der Waals surface area contributed by atoms with Crippen molar-refractivity contribution in [2.75, 3.05) is 11.9 Å². The van der Waals surface area contributed by atoms with E-state index in [1.165, 1.54) is 6.07 Å². The topological polar surface area (TPSA) is 95.5 Å². The van der Waals surface area contributed by atoms with E-state index in [0.717, 1.165) is 0 Å². The Labute approximate surface area is 110 Å². The third-order valence-corrected chi connectivity index (χ3v) is 2.21. The van der Waals surface area contributed by atoms with Crippen molar-refractivity contribution in [3.8, 4) is 0 Å². The SMILES string of the molecule is CCOC(=O)c1cccc(NC(=O)CCC(=O)[O-])c1. The van der Waals surface area contributed by atoms with Crippen molar-refractivity contribution in [3.05, 3.63) is 29.8 Å². The summed E-state index contributed by atoms with van der Waals surface area (Å²) < 4.78 is 4.83. The zero-order chi connectivity index (χ0) is 14.3. The van der Waals surface area contributed by atoms with Gasteiger partial charge in [0, 0.05) is 18.1 Å². The molecule has 1 aromatic carbocycles. The Morgan fingerprint density at radius 1 is 1.26 bits per heavy atom. The zero-order valence-corrected chi connectivity index (χ0v) is 10.5. The maximum absolute atomic E-state index is 11.5. The first-order valence-corrected chi connectivity index (χ1v) is 5.79. The maximum Gasteiger partial charge on any atom is 0.338 e. The normalized spacial score (nSPS) is 9.74. The van der Waals surface area contributed by atoms with Crippen molar-refractivity contribution in [1.82, 2.24) is 0 Å². The van der Waals surface area contributed by atoms with Crippen LogP contribution in [0.15, 0.2) is 24.3 Å². The highest BCUT2D eigenvalue weighted by molar-refractivity contribution is 5.95. The number of ether oxygens (including phenoxy) is 1. The molecular formula is C13H14NO5-. The number of carboxylic acid groups (broad SMARTS) is 1. The molecule has 6 nitrogen and oxygen atoms in total. The molecular weight excluding hydrogens is 250 g/mol. The van der Waals surface area contributed by atoms with Crippen LogP contribution in [-0.2, 0) is 14.3 Å².